The Hall–Kier alpha value is -4.90. The number of benzene rings is 1. The first-order valence-corrected chi connectivity index (χ1v) is 22.3. The van der Waals surface area contributed by atoms with Gasteiger partial charge in [0.05, 0.1) is 47.4 Å². The van der Waals surface area contributed by atoms with Gasteiger partial charge < -0.3 is 33.9 Å². The SMILES string of the molecule is CCn1c(-c2cccnc2[C@H](C)OC)c2c3cc(ccc31)-c1csc(n1)C[C@H](NC(=O)[C@H](C(C)C)N(C)C(=O)N1CC(OC)C1)C(=O)N1CCC[C@H](N1)C(=O)O[C@H](C)[C@@H](C)C2. The molecular weight excluding hydrogens is 797 g/mol. The molecule has 2 N–H and O–H groups in total. The van der Waals surface area contributed by atoms with Crippen LogP contribution in [0.4, 0.5) is 4.79 Å². The average Bonchev–Trinajstić information content (AvgIpc) is 3.83. The van der Waals surface area contributed by atoms with Crippen LogP contribution in [0.5, 0.6) is 0 Å². The number of hydrogen-bond donors (Lipinski definition) is 2. The number of likely N-dealkylation sites (N-methyl/N-ethyl adjacent to an activating group) is 1. The number of rotatable bonds is 9. The van der Waals surface area contributed by atoms with Crippen molar-refractivity contribution in [2.24, 2.45) is 11.8 Å². The minimum Gasteiger partial charge on any atom is -0.461 e. The quantitative estimate of drug-likeness (QED) is 0.203. The zero-order chi connectivity index (χ0) is 43.7. The van der Waals surface area contributed by atoms with E-state index in [-0.39, 0.29) is 36.5 Å². The first-order chi connectivity index (χ1) is 29.2. The molecule has 3 aliphatic heterocycles. The second-order valence-corrected chi connectivity index (χ2v) is 17.9. The predicted octanol–water partition coefficient (Wildman–Crippen LogP) is 5.61. The fourth-order valence-corrected chi connectivity index (χ4v) is 9.68. The molecule has 61 heavy (non-hydrogen) atoms. The van der Waals surface area contributed by atoms with Crippen LogP contribution in [-0.2, 0) is 48.0 Å². The second-order valence-electron chi connectivity index (χ2n) is 17.0. The van der Waals surface area contributed by atoms with Crippen molar-refractivity contribution < 1.29 is 33.4 Å². The number of urea groups is 1. The molecule has 6 bridgehead atoms. The maximum absolute atomic E-state index is 14.5. The van der Waals surface area contributed by atoms with Crippen molar-refractivity contribution in [1.82, 2.24) is 40.1 Å². The standard InChI is InChI=1S/C45H60N8O7S/c1-10-52-37-16-15-29-20-32(37)33(41(52)31-13-11-17-46-39(31)28(6)58-8)19-26(4)27(5)60-44(56)34-14-12-18-53(49-34)43(55)35(21-38-47-36(29)24-61-38)48-42(54)40(25(2)3)50(7)45(57)51-22-30(23-51)59-9/h11,13,15-17,20,24-28,30,34-35,40,49H,10,12,14,18-19,21-23H2,1-9H3,(H,48,54)/t26-,27+,28-,34-,35-,40-/m0/s1. The van der Waals surface area contributed by atoms with E-state index in [1.165, 1.54) is 21.2 Å². The van der Waals surface area contributed by atoms with Gasteiger partial charge in [-0.3, -0.25) is 24.4 Å². The lowest BCUT2D eigenvalue weighted by atomic mass is 9.91. The molecule has 328 valence electrons. The van der Waals surface area contributed by atoms with Crippen LogP contribution < -0.4 is 10.7 Å². The number of amides is 4. The van der Waals surface area contributed by atoms with Crippen molar-refractivity contribution in [2.45, 2.75) is 110 Å². The Morgan fingerprint density at radius 3 is 2.59 bits per heavy atom. The molecule has 4 aromatic rings. The summed E-state index contributed by atoms with van der Waals surface area (Å²) in [5.41, 5.74) is 9.88. The predicted molar refractivity (Wildman–Crippen MR) is 233 cm³/mol. The highest BCUT2D eigenvalue weighted by atomic mass is 32.1. The second kappa shape index (κ2) is 18.6. The number of aromatic nitrogens is 3. The van der Waals surface area contributed by atoms with E-state index in [1.807, 2.05) is 39.1 Å². The number of cyclic esters (lactones) is 1. The van der Waals surface area contributed by atoms with Gasteiger partial charge in [-0.1, -0.05) is 26.8 Å². The number of thiazole rings is 1. The number of aryl methyl sites for hydroxylation is 1. The topological polar surface area (TPSA) is 160 Å². The number of hydrazine groups is 1. The molecule has 6 atom stereocenters. The number of carbonyl (C=O) groups excluding carboxylic acids is 4. The number of nitrogens with zero attached hydrogens (tertiary/aromatic N) is 6. The third-order valence-electron chi connectivity index (χ3n) is 12.6. The van der Waals surface area contributed by atoms with E-state index < -0.39 is 42.0 Å². The first-order valence-electron chi connectivity index (χ1n) is 21.4. The minimum absolute atomic E-state index is 0.0367. The molecule has 4 amide bonds. The summed E-state index contributed by atoms with van der Waals surface area (Å²) in [4.78, 5) is 69.1. The minimum atomic E-state index is -1.04. The number of pyridine rings is 1. The Balaban J connectivity index is 1.29. The number of esters is 1. The van der Waals surface area contributed by atoms with Gasteiger partial charge in [0.1, 0.15) is 24.2 Å². The van der Waals surface area contributed by atoms with Gasteiger partial charge in [0.2, 0.25) is 5.91 Å². The Labute approximate surface area is 362 Å². The van der Waals surface area contributed by atoms with Gasteiger partial charge in [-0.15, -0.1) is 11.3 Å². The summed E-state index contributed by atoms with van der Waals surface area (Å²) in [5.74, 6) is -1.64. The monoisotopic (exact) mass is 856 g/mol. The molecular formula is C45H60N8O7S. The van der Waals surface area contributed by atoms with E-state index >= 15 is 0 Å². The van der Waals surface area contributed by atoms with Crippen molar-refractivity contribution in [3.8, 4) is 22.5 Å². The number of ether oxygens (including phenoxy) is 3. The van der Waals surface area contributed by atoms with Crippen molar-refractivity contribution in [2.75, 3.05) is 40.9 Å². The van der Waals surface area contributed by atoms with Crippen molar-refractivity contribution in [3.63, 3.8) is 0 Å². The normalized spacial score (nSPS) is 22.4. The van der Waals surface area contributed by atoms with Crippen LogP contribution >= 0.6 is 11.3 Å². The number of carbonyl (C=O) groups is 4. The Kier molecular flexibility index (Phi) is 13.5. The van der Waals surface area contributed by atoms with E-state index in [0.29, 0.717) is 50.4 Å². The van der Waals surface area contributed by atoms with Gasteiger partial charge in [-0.05, 0) is 81.7 Å². The van der Waals surface area contributed by atoms with Crippen LogP contribution in [0.1, 0.15) is 76.8 Å². The van der Waals surface area contributed by atoms with E-state index in [0.717, 1.165) is 44.7 Å². The summed E-state index contributed by atoms with van der Waals surface area (Å²) in [5, 5.41) is 8.16. The molecule has 0 radical (unpaired) electrons. The third-order valence-corrected chi connectivity index (χ3v) is 13.5. The smallest absolute Gasteiger partial charge is 0.325 e. The number of fused-ring (bicyclic) bond motifs is 6. The van der Waals surface area contributed by atoms with Crippen LogP contribution in [0.25, 0.3) is 33.4 Å². The van der Waals surface area contributed by atoms with Crippen molar-refractivity contribution in [3.05, 3.63) is 58.2 Å². The number of likely N-dealkylation sites (tertiary alicyclic amines) is 1. The Morgan fingerprint density at radius 2 is 1.89 bits per heavy atom. The zero-order valence-corrected chi connectivity index (χ0v) is 37.6. The highest BCUT2D eigenvalue weighted by Gasteiger charge is 2.40. The molecule has 3 aromatic heterocycles. The van der Waals surface area contributed by atoms with Gasteiger partial charge in [-0.2, -0.15) is 0 Å². The van der Waals surface area contributed by atoms with Gasteiger partial charge in [0.25, 0.3) is 5.91 Å². The lowest BCUT2D eigenvalue weighted by molar-refractivity contribution is -0.158. The molecule has 0 unspecified atom stereocenters. The van der Waals surface area contributed by atoms with Crippen molar-refractivity contribution in [1.29, 1.82) is 0 Å². The van der Waals surface area contributed by atoms with Crippen LogP contribution in [0.15, 0.2) is 41.9 Å². The lowest BCUT2D eigenvalue weighted by Crippen LogP contribution is -2.64. The van der Waals surface area contributed by atoms with E-state index in [9.17, 15) is 19.2 Å². The van der Waals surface area contributed by atoms with Crippen LogP contribution in [0.3, 0.4) is 0 Å². The zero-order valence-electron chi connectivity index (χ0n) is 36.8. The molecule has 7 rings (SSSR count). The van der Waals surface area contributed by atoms with Gasteiger partial charge >= 0.3 is 12.0 Å². The summed E-state index contributed by atoms with van der Waals surface area (Å²) >= 11 is 1.42. The molecule has 1 aromatic carbocycles. The summed E-state index contributed by atoms with van der Waals surface area (Å²) in [6.07, 6.45) is 2.81. The molecule has 0 saturated carbocycles. The Morgan fingerprint density at radius 1 is 1.11 bits per heavy atom. The van der Waals surface area contributed by atoms with Gasteiger partial charge in [0.15, 0.2) is 0 Å². The fourth-order valence-electron chi connectivity index (χ4n) is 8.83. The molecule has 0 aliphatic carbocycles. The number of nitrogens with one attached hydrogen (secondary N) is 2. The molecule has 2 fully saturated rings. The summed E-state index contributed by atoms with van der Waals surface area (Å²) in [7, 11) is 4.92. The van der Waals surface area contributed by atoms with E-state index in [1.54, 1.807) is 32.4 Å². The summed E-state index contributed by atoms with van der Waals surface area (Å²) < 4.78 is 19.7. The molecule has 16 heteroatoms. The first kappa shape index (κ1) is 44.2. The third kappa shape index (κ3) is 8.90. The summed E-state index contributed by atoms with van der Waals surface area (Å²) in [6.45, 7) is 13.8. The van der Waals surface area contributed by atoms with E-state index in [2.05, 4.69) is 53.4 Å². The molecule has 6 heterocycles. The molecule has 3 aliphatic rings. The molecule has 15 nitrogen and oxygen atoms in total. The number of hydrogen-bond acceptors (Lipinski definition) is 11. The lowest BCUT2D eigenvalue weighted by Gasteiger charge is -2.42. The van der Waals surface area contributed by atoms with Crippen LogP contribution in [-0.4, -0.2) is 124 Å². The van der Waals surface area contributed by atoms with Gasteiger partial charge in [0, 0.05) is 74.4 Å². The average molecular weight is 857 g/mol. The van der Waals surface area contributed by atoms with Crippen LogP contribution in [0.2, 0.25) is 0 Å². The molecule has 2 saturated heterocycles. The Bertz CT molecular complexity index is 2250. The highest BCUT2D eigenvalue weighted by molar-refractivity contribution is 7.10. The molecule has 0 spiro atoms. The van der Waals surface area contributed by atoms with Crippen molar-refractivity contribution >= 4 is 46.1 Å². The maximum Gasteiger partial charge on any atom is 0.325 e. The summed E-state index contributed by atoms with van der Waals surface area (Å²) in [6, 6.07) is 7.49. The van der Waals surface area contributed by atoms with Crippen LogP contribution in [0, 0.1) is 11.8 Å². The highest BCUT2D eigenvalue weighted by Crippen LogP contribution is 2.41. The maximum atomic E-state index is 14.5. The largest absolute Gasteiger partial charge is 0.461 e. The van der Waals surface area contributed by atoms with E-state index in [4.69, 9.17) is 24.2 Å². The van der Waals surface area contributed by atoms with Gasteiger partial charge in [-0.25, -0.2) is 15.2 Å². The fraction of sp³-hybridized carbons (Fsp3) is 0.556. The number of methoxy groups -OCH3 is 2.